The Morgan fingerprint density at radius 3 is 2.76 bits per heavy atom. The molecule has 4 heteroatoms. The van der Waals surface area contributed by atoms with Gasteiger partial charge in [-0.1, -0.05) is 41.5 Å². The maximum Gasteiger partial charge on any atom is 0.135 e. The van der Waals surface area contributed by atoms with Gasteiger partial charge in [0.1, 0.15) is 17.5 Å². The minimum Gasteiger partial charge on any atom is -0.758 e. The van der Waals surface area contributed by atoms with Gasteiger partial charge in [0, 0.05) is 23.7 Å². The van der Waals surface area contributed by atoms with Crippen molar-refractivity contribution in [1.29, 1.82) is 0 Å². The second-order valence-electron chi connectivity index (χ2n) is 8.60. The summed E-state index contributed by atoms with van der Waals surface area (Å²) in [6, 6.07) is 7.21. The lowest BCUT2D eigenvalue weighted by atomic mass is 9.89. The highest BCUT2D eigenvalue weighted by Gasteiger charge is 2.42. The molecule has 1 N–H and O–H groups in total. The maximum atomic E-state index is 12.6. The molecule has 3 rings (SSSR count). The molecular weight excluding hydrogens is 362 g/mol. The number of fused-ring (bicyclic) bond motifs is 2. The number of para-hydroxylation sites is 1. The van der Waals surface area contributed by atoms with Crippen molar-refractivity contribution in [3.05, 3.63) is 76.1 Å². The molecule has 2 aliphatic rings. The molecule has 3 unspecified atom stereocenters. The van der Waals surface area contributed by atoms with E-state index >= 15 is 0 Å². The second kappa shape index (κ2) is 8.60. The number of rotatable bonds is 6. The first-order valence-electron chi connectivity index (χ1n) is 10.4. The van der Waals surface area contributed by atoms with E-state index < -0.39 is 11.7 Å². The van der Waals surface area contributed by atoms with Crippen molar-refractivity contribution in [2.24, 2.45) is 0 Å². The SMILES string of the molecule is CC(C)=CCCC(C)=CC=CC(C)(O)C1CC2=C(O1)c1ccccc1N([O-])C2C. The third kappa shape index (κ3) is 4.65. The van der Waals surface area contributed by atoms with Gasteiger partial charge in [0.15, 0.2) is 0 Å². The number of benzene rings is 1. The van der Waals surface area contributed by atoms with E-state index in [0.717, 1.165) is 34.8 Å². The van der Waals surface area contributed by atoms with E-state index in [-0.39, 0.29) is 6.04 Å². The topological polar surface area (TPSA) is 55.8 Å². The molecule has 2 aliphatic heterocycles. The Morgan fingerprint density at radius 1 is 1.31 bits per heavy atom. The summed E-state index contributed by atoms with van der Waals surface area (Å²) in [5, 5.41) is 24.7. The minimum absolute atomic E-state index is 0.290. The first kappa shape index (κ1) is 21.4. The second-order valence-corrected chi connectivity index (χ2v) is 8.60. The number of nitrogens with zero attached hydrogens (tertiary/aromatic N) is 1. The van der Waals surface area contributed by atoms with Gasteiger partial charge < -0.3 is 20.1 Å². The van der Waals surface area contributed by atoms with Gasteiger partial charge >= 0.3 is 0 Å². The van der Waals surface area contributed by atoms with Crippen molar-refractivity contribution in [3.8, 4) is 0 Å². The van der Waals surface area contributed by atoms with Crippen LogP contribution in [0.15, 0.2) is 65.3 Å². The number of anilines is 1. The van der Waals surface area contributed by atoms with Crippen LogP contribution >= 0.6 is 0 Å². The van der Waals surface area contributed by atoms with Gasteiger partial charge in [-0.25, -0.2) is 0 Å². The highest BCUT2D eigenvalue weighted by molar-refractivity contribution is 5.81. The highest BCUT2D eigenvalue weighted by Crippen LogP contribution is 2.46. The summed E-state index contributed by atoms with van der Waals surface area (Å²) >= 11 is 0. The van der Waals surface area contributed by atoms with Crippen LogP contribution in [0.5, 0.6) is 0 Å². The smallest absolute Gasteiger partial charge is 0.135 e. The zero-order valence-corrected chi connectivity index (χ0v) is 18.1. The van der Waals surface area contributed by atoms with Gasteiger partial charge in [-0.15, -0.1) is 0 Å². The van der Waals surface area contributed by atoms with Crippen LogP contribution < -0.4 is 5.06 Å². The van der Waals surface area contributed by atoms with E-state index in [1.165, 1.54) is 11.1 Å². The molecule has 0 radical (unpaired) electrons. The Balaban J connectivity index is 1.71. The van der Waals surface area contributed by atoms with Crippen molar-refractivity contribution in [3.63, 3.8) is 0 Å². The molecule has 0 saturated heterocycles. The zero-order valence-electron chi connectivity index (χ0n) is 18.1. The highest BCUT2D eigenvalue weighted by atomic mass is 16.5. The molecule has 0 amide bonds. The predicted octanol–water partition coefficient (Wildman–Crippen LogP) is 5.89. The normalized spacial score (nSPS) is 23.6. The van der Waals surface area contributed by atoms with Gasteiger partial charge in [0.25, 0.3) is 0 Å². The Bertz CT molecular complexity index is 872. The van der Waals surface area contributed by atoms with Gasteiger partial charge in [0.2, 0.25) is 0 Å². The summed E-state index contributed by atoms with van der Waals surface area (Å²) in [5.41, 5.74) is 3.88. The molecule has 0 aromatic heterocycles. The number of hydrogen-bond donors (Lipinski definition) is 1. The van der Waals surface area contributed by atoms with Crippen molar-refractivity contribution in [2.45, 2.75) is 71.6 Å². The van der Waals surface area contributed by atoms with Gasteiger partial charge in [0.05, 0.1) is 0 Å². The Labute approximate surface area is 174 Å². The standard InChI is InChI=1S/C25H32NO3/c1-17(2)10-8-11-18(3)12-9-15-25(5,27)23-16-21-19(4)26(28)22-14-7-6-13-20(22)24(21)29-23/h6-7,9-10,12-15,19,23,27H,8,11,16H2,1-5H3/q-1. The number of hydrogen-bond acceptors (Lipinski definition) is 4. The molecule has 0 saturated carbocycles. The van der Waals surface area contributed by atoms with E-state index in [1.54, 1.807) is 13.0 Å². The summed E-state index contributed by atoms with van der Waals surface area (Å²) in [5.74, 6) is 0.757. The van der Waals surface area contributed by atoms with Gasteiger partial charge in [-0.05, 0) is 71.2 Å². The fourth-order valence-electron chi connectivity index (χ4n) is 3.87. The van der Waals surface area contributed by atoms with E-state index in [0.29, 0.717) is 12.1 Å². The molecule has 0 aliphatic carbocycles. The van der Waals surface area contributed by atoms with Crippen molar-refractivity contribution >= 4 is 11.4 Å². The van der Waals surface area contributed by atoms with Crippen molar-refractivity contribution in [2.75, 3.05) is 5.06 Å². The quantitative estimate of drug-likeness (QED) is 0.482. The zero-order chi connectivity index (χ0) is 21.2. The lowest BCUT2D eigenvalue weighted by Crippen LogP contribution is -2.37. The third-order valence-electron chi connectivity index (χ3n) is 5.76. The fourth-order valence-corrected chi connectivity index (χ4v) is 3.87. The molecule has 4 nitrogen and oxygen atoms in total. The van der Waals surface area contributed by atoms with E-state index in [1.807, 2.05) is 43.3 Å². The fraction of sp³-hybridized carbons (Fsp3) is 0.440. The van der Waals surface area contributed by atoms with Crippen LogP contribution in [0.3, 0.4) is 0 Å². The summed E-state index contributed by atoms with van der Waals surface area (Å²) in [4.78, 5) is 0. The Morgan fingerprint density at radius 2 is 2.03 bits per heavy atom. The molecule has 3 atom stereocenters. The van der Waals surface area contributed by atoms with Crippen molar-refractivity contribution < 1.29 is 9.84 Å². The number of hydroxylamine groups is 1. The minimum atomic E-state index is -1.13. The molecule has 156 valence electrons. The van der Waals surface area contributed by atoms with E-state index in [4.69, 9.17) is 4.74 Å². The van der Waals surface area contributed by atoms with Crippen LogP contribution in [-0.2, 0) is 4.74 Å². The third-order valence-corrected chi connectivity index (χ3v) is 5.76. The van der Waals surface area contributed by atoms with E-state index in [9.17, 15) is 10.3 Å². The molecular formula is C25H32NO3-. The molecule has 0 fully saturated rings. The van der Waals surface area contributed by atoms with Crippen LogP contribution in [0.1, 0.15) is 59.4 Å². The van der Waals surface area contributed by atoms with Gasteiger partial charge in [-0.2, -0.15) is 0 Å². The molecule has 29 heavy (non-hydrogen) atoms. The van der Waals surface area contributed by atoms with Gasteiger partial charge in [-0.3, -0.25) is 0 Å². The number of allylic oxidation sites excluding steroid dienone is 5. The van der Waals surface area contributed by atoms with Crippen LogP contribution in [-0.4, -0.2) is 22.9 Å². The number of aliphatic hydroxyl groups is 1. The summed E-state index contributed by atoms with van der Waals surface area (Å²) < 4.78 is 6.21. The number of ether oxygens (including phenoxy) is 1. The Kier molecular flexibility index (Phi) is 6.35. The van der Waals surface area contributed by atoms with Crippen LogP contribution in [0.25, 0.3) is 5.76 Å². The molecule has 1 aromatic rings. The summed E-state index contributed by atoms with van der Waals surface area (Å²) in [6.45, 7) is 9.98. The Hall–Kier alpha value is -2.30. The van der Waals surface area contributed by atoms with Crippen LogP contribution in [0.4, 0.5) is 5.69 Å². The lowest BCUT2D eigenvalue weighted by molar-refractivity contribution is -0.0148. The molecule has 0 bridgehead atoms. The first-order chi connectivity index (χ1) is 13.7. The monoisotopic (exact) mass is 394 g/mol. The average molecular weight is 395 g/mol. The molecule has 0 spiro atoms. The average Bonchev–Trinajstić information content (AvgIpc) is 3.12. The largest absolute Gasteiger partial charge is 0.758 e. The van der Waals surface area contributed by atoms with E-state index in [2.05, 4.69) is 26.8 Å². The van der Waals surface area contributed by atoms with Crippen LogP contribution in [0.2, 0.25) is 0 Å². The van der Waals surface area contributed by atoms with Crippen LogP contribution in [0, 0.1) is 5.21 Å². The summed E-state index contributed by atoms with van der Waals surface area (Å²) in [7, 11) is 0. The maximum absolute atomic E-state index is 12.6. The predicted molar refractivity (Wildman–Crippen MR) is 120 cm³/mol. The lowest BCUT2D eigenvalue weighted by Gasteiger charge is -2.42. The molecule has 2 heterocycles. The molecule has 1 aromatic carbocycles. The summed E-state index contributed by atoms with van der Waals surface area (Å²) in [6.07, 6.45) is 10.2. The van der Waals surface area contributed by atoms with Crippen molar-refractivity contribution in [1.82, 2.24) is 0 Å². The first-order valence-corrected chi connectivity index (χ1v) is 10.4.